The first-order chi connectivity index (χ1) is 6.02. The molecule has 1 unspecified atom stereocenters. The molecule has 0 amide bonds. The van der Waals surface area contributed by atoms with Gasteiger partial charge in [-0.15, -0.1) is 0 Å². The molecule has 0 aliphatic carbocycles. The van der Waals surface area contributed by atoms with Gasteiger partial charge in [-0.3, -0.25) is 0 Å². The fourth-order valence-electron chi connectivity index (χ4n) is 1.61. The molecule has 2 heteroatoms. The van der Waals surface area contributed by atoms with Crippen LogP contribution in [0.25, 0.3) is 9.69 Å². The van der Waals surface area contributed by atoms with Crippen molar-refractivity contribution in [2.24, 2.45) is 11.3 Å². The molecule has 0 heterocycles. The Labute approximate surface area is 81.6 Å². The van der Waals surface area contributed by atoms with E-state index in [1.54, 1.807) is 0 Å². The zero-order chi connectivity index (χ0) is 10.3. The molecule has 0 aliphatic heterocycles. The molecular weight excluding hydrogens is 160 g/mol. The molecule has 13 heavy (non-hydrogen) atoms. The third-order valence-electron chi connectivity index (χ3n) is 2.14. The molecule has 0 bridgehead atoms. The fourth-order valence-corrected chi connectivity index (χ4v) is 1.61. The number of hydrogen-bond acceptors (Lipinski definition) is 0. The van der Waals surface area contributed by atoms with Crippen molar-refractivity contribution < 1.29 is 0 Å². The summed E-state index contributed by atoms with van der Waals surface area (Å²) < 4.78 is 0. The minimum Gasteiger partial charge on any atom is -0.317 e. The van der Waals surface area contributed by atoms with Crippen LogP contribution in [0.1, 0.15) is 33.6 Å². The molecule has 2 nitrogen and oxygen atoms in total. The van der Waals surface area contributed by atoms with Crippen LogP contribution in [0.3, 0.4) is 0 Å². The summed E-state index contributed by atoms with van der Waals surface area (Å²) in [7, 11) is 0. The highest BCUT2D eigenvalue weighted by atomic mass is 14.7. The fraction of sp³-hybridized carbons (Fsp3) is 0.818. The van der Waals surface area contributed by atoms with Crippen molar-refractivity contribution in [3.05, 3.63) is 22.8 Å². The zero-order valence-corrected chi connectivity index (χ0v) is 8.80. The van der Waals surface area contributed by atoms with Gasteiger partial charge in [0.05, 0.1) is 0 Å². The first-order valence-corrected chi connectivity index (χ1v) is 4.68. The van der Waals surface area contributed by atoms with Crippen LogP contribution in [0.4, 0.5) is 0 Å². The first kappa shape index (κ1) is 12.0. The van der Waals surface area contributed by atoms with Gasteiger partial charge in [0.25, 0.3) is 0 Å². The zero-order valence-electron chi connectivity index (χ0n) is 8.80. The number of hydrogen-bond donors (Lipinski definition) is 0. The van der Waals surface area contributed by atoms with E-state index in [4.69, 9.17) is 13.1 Å². The molecule has 0 saturated carbocycles. The van der Waals surface area contributed by atoms with Gasteiger partial charge >= 0.3 is 0 Å². The lowest BCUT2D eigenvalue weighted by atomic mass is 9.82. The van der Waals surface area contributed by atoms with Crippen LogP contribution in [0.15, 0.2) is 0 Å². The van der Waals surface area contributed by atoms with Gasteiger partial charge in [-0.1, -0.05) is 20.8 Å². The van der Waals surface area contributed by atoms with Crippen molar-refractivity contribution in [2.75, 3.05) is 13.1 Å². The van der Waals surface area contributed by atoms with E-state index >= 15 is 0 Å². The molecule has 1 atom stereocenters. The normalized spacial score (nSPS) is 13.0. The third-order valence-corrected chi connectivity index (χ3v) is 2.14. The highest BCUT2D eigenvalue weighted by Gasteiger charge is 2.24. The highest BCUT2D eigenvalue weighted by molar-refractivity contribution is 4.80. The summed E-state index contributed by atoms with van der Waals surface area (Å²) >= 11 is 0. The van der Waals surface area contributed by atoms with E-state index in [1.807, 2.05) is 0 Å². The van der Waals surface area contributed by atoms with E-state index in [1.165, 1.54) is 0 Å². The maximum atomic E-state index is 6.82. The Morgan fingerprint density at radius 2 is 1.85 bits per heavy atom. The van der Waals surface area contributed by atoms with Gasteiger partial charge in [0.2, 0.25) is 13.1 Å². The Morgan fingerprint density at radius 3 is 2.31 bits per heavy atom. The summed E-state index contributed by atoms with van der Waals surface area (Å²) in [6.45, 7) is 21.1. The molecule has 0 aromatic rings. The second-order valence-corrected chi connectivity index (χ2v) is 4.46. The summed E-state index contributed by atoms with van der Waals surface area (Å²) in [6.07, 6.45) is 2.01. The lowest BCUT2D eigenvalue weighted by molar-refractivity contribution is 0.295. The van der Waals surface area contributed by atoms with Gasteiger partial charge in [0, 0.05) is 11.8 Å². The minimum absolute atomic E-state index is 0.114. The predicted octanol–water partition coefficient (Wildman–Crippen LogP) is 3.27. The van der Waals surface area contributed by atoms with Gasteiger partial charge in [-0.2, -0.15) is 0 Å². The van der Waals surface area contributed by atoms with Crippen molar-refractivity contribution in [3.8, 4) is 0 Å². The van der Waals surface area contributed by atoms with Crippen molar-refractivity contribution in [1.29, 1.82) is 0 Å². The second kappa shape index (κ2) is 5.60. The van der Waals surface area contributed by atoms with Crippen LogP contribution in [-0.2, 0) is 0 Å². The molecule has 0 aromatic heterocycles. The summed E-state index contributed by atoms with van der Waals surface area (Å²) in [6, 6.07) is 0. The van der Waals surface area contributed by atoms with Gasteiger partial charge in [-0.05, 0) is 12.3 Å². The monoisotopic (exact) mass is 178 g/mol. The van der Waals surface area contributed by atoms with Crippen molar-refractivity contribution in [1.82, 2.24) is 0 Å². The second-order valence-electron chi connectivity index (χ2n) is 4.46. The lowest BCUT2D eigenvalue weighted by Gasteiger charge is -2.21. The van der Waals surface area contributed by atoms with E-state index in [0.717, 1.165) is 12.8 Å². The van der Waals surface area contributed by atoms with Crippen LogP contribution in [0.2, 0.25) is 0 Å². The SMILES string of the molecule is [C-]#[N+]CCC(C)CC(C)(C)C[N+]#[C-]. The van der Waals surface area contributed by atoms with E-state index < -0.39 is 0 Å². The summed E-state index contributed by atoms with van der Waals surface area (Å²) in [5, 5.41) is 0. The maximum absolute atomic E-state index is 6.82. The van der Waals surface area contributed by atoms with Crippen LogP contribution in [-0.4, -0.2) is 13.1 Å². The highest BCUT2D eigenvalue weighted by Crippen LogP contribution is 2.27. The number of nitrogens with zero attached hydrogens (tertiary/aromatic N) is 2. The molecule has 0 aromatic carbocycles. The maximum Gasteiger partial charge on any atom is 0.219 e. The van der Waals surface area contributed by atoms with Crippen LogP contribution in [0, 0.1) is 24.5 Å². The standard InChI is InChI=1S/C11H18N2/c1-10(6-7-12-4)8-11(2,3)9-13-5/h10H,6-9H2,1-3H3. The van der Waals surface area contributed by atoms with Crippen molar-refractivity contribution in [3.63, 3.8) is 0 Å². The Bertz CT molecular complexity index is 217. The van der Waals surface area contributed by atoms with Gasteiger partial charge < -0.3 is 9.69 Å². The molecular formula is C11H18N2. The molecule has 72 valence electrons. The van der Waals surface area contributed by atoms with E-state index in [9.17, 15) is 0 Å². The average Bonchev–Trinajstić information content (AvgIpc) is 1.99. The van der Waals surface area contributed by atoms with Gasteiger partial charge in [-0.25, -0.2) is 13.1 Å². The molecule has 0 radical (unpaired) electrons. The van der Waals surface area contributed by atoms with E-state index in [0.29, 0.717) is 19.0 Å². The smallest absolute Gasteiger partial charge is 0.219 e. The van der Waals surface area contributed by atoms with Gasteiger partial charge in [0.15, 0.2) is 0 Å². The summed E-state index contributed by atoms with van der Waals surface area (Å²) in [4.78, 5) is 6.77. The predicted molar refractivity (Wildman–Crippen MR) is 55.1 cm³/mol. The van der Waals surface area contributed by atoms with Gasteiger partial charge in [0.1, 0.15) is 0 Å². The molecule has 0 rings (SSSR count). The molecule has 0 spiro atoms. The molecule has 0 N–H and O–H groups in total. The Balaban J connectivity index is 3.84. The largest absolute Gasteiger partial charge is 0.317 e. The first-order valence-electron chi connectivity index (χ1n) is 4.68. The topological polar surface area (TPSA) is 8.72 Å². The summed E-state index contributed by atoms with van der Waals surface area (Å²) in [5.74, 6) is 0.561. The van der Waals surface area contributed by atoms with E-state index in [-0.39, 0.29) is 5.41 Å². The average molecular weight is 178 g/mol. The summed E-state index contributed by atoms with van der Waals surface area (Å²) in [5.41, 5.74) is 0.114. The van der Waals surface area contributed by atoms with Crippen molar-refractivity contribution in [2.45, 2.75) is 33.6 Å². The third kappa shape index (κ3) is 6.17. The Morgan fingerprint density at radius 1 is 1.23 bits per heavy atom. The Kier molecular flexibility index (Phi) is 5.16. The quantitative estimate of drug-likeness (QED) is 0.571. The molecule has 0 fully saturated rings. The lowest BCUT2D eigenvalue weighted by Crippen LogP contribution is -2.18. The van der Waals surface area contributed by atoms with Crippen LogP contribution in [0.5, 0.6) is 0 Å². The molecule has 0 aliphatic rings. The minimum atomic E-state index is 0.114. The van der Waals surface area contributed by atoms with Crippen LogP contribution >= 0.6 is 0 Å². The van der Waals surface area contributed by atoms with E-state index in [2.05, 4.69) is 30.5 Å². The Hall–Kier alpha value is -1.02. The van der Waals surface area contributed by atoms with Crippen molar-refractivity contribution >= 4 is 0 Å². The van der Waals surface area contributed by atoms with Crippen LogP contribution < -0.4 is 0 Å². The molecule has 0 saturated heterocycles. The number of rotatable bonds is 5.